The van der Waals surface area contributed by atoms with Crippen LogP contribution in [-0.2, 0) is 25.4 Å². The van der Waals surface area contributed by atoms with Gasteiger partial charge in [-0.25, -0.2) is 8.42 Å². The van der Waals surface area contributed by atoms with Gasteiger partial charge in [-0.05, 0) is 6.42 Å². The van der Waals surface area contributed by atoms with Crippen LogP contribution in [0.2, 0.25) is 0 Å². The lowest BCUT2D eigenvalue weighted by Crippen LogP contribution is -1.86. The minimum absolute atomic E-state index is 0.222. The molecule has 9 heteroatoms. The average Bonchev–Trinajstić information content (AvgIpc) is 2.61. The number of carbonyl (C=O) groups excluding carboxylic acids is 1. The molecule has 0 aromatic rings. The molecule has 0 bridgehead atoms. The smallest absolute Gasteiger partial charge is 0.303 e. The van der Waals surface area contributed by atoms with Crippen molar-refractivity contribution < 1.29 is 37.6 Å². The molecule has 0 rings (SSSR count). The van der Waals surface area contributed by atoms with Crippen molar-refractivity contribution >= 4 is 29.2 Å². The van der Waals surface area contributed by atoms with Crippen molar-refractivity contribution in [3.05, 3.63) is 0 Å². The molecule has 164 valence electrons. The summed E-state index contributed by atoms with van der Waals surface area (Å²) in [5.41, 5.74) is 0. The van der Waals surface area contributed by atoms with Crippen LogP contribution in [-0.4, -0.2) is 41.4 Å². The third-order valence-corrected chi connectivity index (χ3v) is 3.03. The Bertz CT molecular complexity index is 373. The van der Waals surface area contributed by atoms with Crippen LogP contribution in [0.15, 0.2) is 0 Å². The van der Waals surface area contributed by atoms with Gasteiger partial charge in [-0.2, -0.15) is 0 Å². The molecule has 0 unspecified atom stereocenters. The summed E-state index contributed by atoms with van der Waals surface area (Å²) in [7, 11) is -3.12. The van der Waals surface area contributed by atoms with Crippen molar-refractivity contribution in [2.45, 2.75) is 97.8 Å². The molecule has 0 fully saturated rings. The monoisotopic (exact) mass is 414 g/mol. The van der Waals surface area contributed by atoms with Gasteiger partial charge < -0.3 is 15.0 Å². The molecule has 0 heterocycles. The molecule has 3 N–H and O–H groups in total. The predicted molar refractivity (Wildman–Crippen MR) is 107 cm³/mol. The van der Waals surface area contributed by atoms with E-state index in [0.717, 1.165) is 19.1 Å². The summed E-state index contributed by atoms with van der Waals surface area (Å²) in [6.07, 6.45) is 14.2. The van der Waals surface area contributed by atoms with Gasteiger partial charge in [0, 0.05) is 19.3 Å². The summed E-state index contributed by atoms with van der Waals surface area (Å²) >= 11 is 0. The summed E-state index contributed by atoms with van der Waals surface area (Å²) in [6.45, 7) is 5.45. The summed E-state index contributed by atoms with van der Waals surface area (Å²) in [4.78, 5) is 28.7. The van der Waals surface area contributed by atoms with Crippen molar-refractivity contribution in [2.75, 3.05) is 0 Å². The maximum absolute atomic E-state index is 10.0. The number of rotatable bonds is 12. The molecular weight excluding hydrogens is 376 g/mol. The summed E-state index contributed by atoms with van der Waals surface area (Å²) in [5.74, 6) is -1.49. The fraction of sp³-hybridized carbons (Fsp3) is 0.833. The zero-order valence-corrected chi connectivity index (χ0v) is 17.8. The molecule has 8 nitrogen and oxygen atoms in total. The number of aldehydes is 1. The highest BCUT2D eigenvalue weighted by Crippen LogP contribution is 2.09. The molecule has 0 spiro atoms. The number of unbranched alkanes of at least 4 members (excludes halogenated alkanes) is 9. The Hall–Kier alpha value is -1.48. The molecule has 0 aromatic carbocycles. The van der Waals surface area contributed by atoms with Crippen LogP contribution in [0.1, 0.15) is 97.8 Å². The summed E-state index contributed by atoms with van der Waals surface area (Å²) < 4.78 is 24.2. The van der Waals surface area contributed by atoms with Crippen LogP contribution < -0.4 is 0 Å². The maximum atomic E-state index is 10.0. The van der Waals surface area contributed by atoms with Gasteiger partial charge in [0.2, 0.25) is 0 Å². The van der Waals surface area contributed by atoms with Crippen molar-refractivity contribution in [1.82, 2.24) is 0 Å². The summed E-state index contributed by atoms with van der Waals surface area (Å²) in [6, 6.07) is 0. The zero-order valence-electron chi connectivity index (χ0n) is 16.9. The molecule has 27 heavy (non-hydrogen) atoms. The van der Waals surface area contributed by atoms with Gasteiger partial charge in [-0.15, -0.1) is 0 Å². The molecule has 0 saturated heterocycles. The van der Waals surface area contributed by atoms with Gasteiger partial charge in [0.25, 0.3) is 11.0 Å². The summed E-state index contributed by atoms with van der Waals surface area (Å²) in [5, 5.41) is 15.4. The number of thiol groups is 1. The van der Waals surface area contributed by atoms with E-state index in [-0.39, 0.29) is 12.8 Å². The Labute approximate surface area is 165 Å². The van der Waals surface area contributed by atoms with Crippen LogP contribution in [0, 0.1) is 0 Å². The molecule has 0 saturated carbocycles. The third kappa shape index (κ3) is 79.3. The van der Waals surface area contributed by atoms with Gasteiger partial charge in [0.15, 0.2) is 0 Å². The maximum Gasteiger partial charge on any atom is 0.303 e. The second kappa shape index (κ2) is 32.2. The third-order valence-electron chi connectivity index (χ3n) is 3.03. The first-order chi connectivity index (χ1) is 12.7. The van der Waals surface area contributed by atoms with Crippen LogP contribution in [0.5, 0.6) is 0 Å². The fourth-order valence-corrected chi connectivity index (χ4v) is 1.54. The van der Waals surface area contributed by atoms with E-state index >= 15 is 0 Å². The molecule has 0 aliphatic rings. The Morgan fingerprint density at radius 2 is 1.00 bits per heavy atom. The first kappa shape index (κ1) is 33.1. The molecule has 0 aromatic heterocycles. The Kier molecular flexibility index (Phi) is 39.5. The van der Waals surface area contributed by atoms with Gasteiger partial charge in [-0.1, -0.05) is 72.1 Å². The molecule has 0 amide bonds. The van der Waals surface area contributed by atoms with E-state index in [1.54, 1.807) is 13.8 Å². The van der Waals surface area contributed by atoms with Crippen LogP contribution >= 0.6 is 0 Å². The standard InChI is InChI=1S/C12H24O.2C3H6O2.H2O3S/c1-2-3-4-5-6-7-8-9-10-11-12-13;2*1-2-3(4)5;1-4(2)3/h12H,2-11H2,1H3;2*2H2,1H3,(H,4,5);4H,(H,1,2,3). The largest absolute Gasteiger partial charge is 0.481 e. The normalized spacial score (nSPS) is 8.93. The first-order valence-corrected chi connectivity index (χ1v) is 10.5. The number of carboxylic acids is 2. The second-order valence-electron chi connectivity index (χ2n) is 5.52. The van der Waals surface area contributed by atoms with Gasteiger partial charge in [0.1, 0.15) is 6.29 Å². The average molecular weight is 415 g/mol. The van der Waals surface area contributed by atoms with Crippen molar-refractivity contribution in [3.63, 3.8) is 0 Å². The van der Waals surface area contributed by atoms with Gasteiger partial charge in [-0.3, -0.25) is 14.1 Å². The van der Waals surface area contributed by atoms with Crippen molar-refractivity contribution in [1.29, 1.82) is 0 Å². The van der Waals surface area contributed by atoms with Crippen LogP contribution in [0.25, 0.3) is 0 Å². The topological polar surface area (TPSA) is 146 Å². The SMILES string of the molecule is CCC(=O)O.CCC(=O)O.CCCCCCCCCCCC=O.O=[SH](=O)O. The lowest BCUT2D eigenvalue weighted by molar-refractivity contribution is -0.137. The van der Waals surface area contributed by atoms with E-state index in [2.05, 4.69) is 6.92 Å². The Morgan fingerprint density at radius 3 is 1.22 bits per heavy atom. The lowest BCUT2D eigenvalue weighted by atomic mass is 10.1. The van der Waals surface area contributed by atoms with E-state index in [9.17, 15) is 14.4 Å². The van der Waals surface area contributed by atoms with Crippen molar-refractivity contribution in [3.8, 4) is 0 Å². The quantitative estimate of drug-likeness (QED) is 0.161. The molecular formula is C18H38O8S. The number of carbonyl (C=O) groups is 3. The second-order valence-corrected chi connectivity index (χ2v) is 5.99. The molecule has 0 aliphatic heterocycles. The van der Waals surface area contributed by atoms with E-state index < -0.39 is 22.9 Å². The minimum Gasteiger partial charge on any atom is -0.481 e. The number of hydrogen-bond acceptors (Lipinski definition) is 5. The number of aliphatic carboxylic acids is 2. The minimum atomic E-state index is -3.12. The lowest BCUT2D eigenvalue weighted by Gasteiger charge is -1.99. The van der Waals surface area contributed by atoms with E-state index in [1.807, 2.05) is 0 Å². The highest BCUT2D eigenvalue weighted by Gasteiger charge is 1.91. The van der Waals surface area contributed by atoms with Gasteiger partial charge in [0.05, 0.1) is 0 Å². The first-order valence-electron chi connectivity index (χ1n) is 9.39. The van der Waals surface area contributed by atoms with Crippen LogP contribution in [0.3, 0.4) is 0 Å². The highest BCUT2D eigenvalue weighted by atomic mass is 32.2. The van der Waals surface area contributed by atoms with Crippen molar-refractivity contribution in [2.24, 2.45) is 0 Å². The van der Waals surface area contributed by atoms with Gasteiger partial charge >= 0.3 is 11.9 Å². The molecule has 0 atom stereocenters. The highest BCUT2D eigenvalue weighted by molar-refractivity contribution is 7.66. The number of carboxylic acid groups (broad SMARTS) is 2. The molecule has 0 radical (unpaired) electrons. The zero-order chi connectivity index (χ0) is 21.9. The molecule has 0 aliphatic carbocycles. The fourth-order valence-electron chi connectivity index (χ4n) is 1.54. The number of hydrogen-bond donors (Lipinski definition) is 4. The Balaban J connectivity index is -0.000000155. The van der Waals surface area contributed by atoms with Crippen LogP contribution in [0.4, 0.5) is 0 Å². The van der Waals surface area contributed by atoms with E-state index in [4.69, 9.17) is 23.2 Å². The Morgan fingerprint density at radius 1 is 0.741 bits per heavy atom. The van der Waals surface area contributed by atoms with E-state index in [0.29, 0.717) is 0 Å². The predicted octanol–water partition coefficient (Wildman–Crippen LogP) is 4.14. The van der Waals surface area contributed by atoms with E-state index in [1.165, 1.54) is 51.4 Å².